The summed E-state index contributed by atoms with van der Waals surface area (Å²) in [5.41, 5.74) is 2.04. The molecule has 5 nitrogen and oxygen atoms in total. The van der Waals surface area contributed by atoms with Gasteiger partial charge in [0.1, 0.15) is 6.20 Å². The molecule has 0 aliphatic heterocycles. The molecule has 1 aromatic carbocycles. The van der Waals surface area contributed by atoms with E-state index < -0.39 is 4.92 Å². The molecule has 0 radical (unpaired) electrons. The van der Waals surface area contributed by atoms with Crippen molar-refractivity contribution in [2.75, 3.05) is 0 Å². The first kappa shape index (κ1) is 12.5. The second-order valence-corrected chi connectivity index (χ2v) is 3.77. The van der Waals surface area contributed by atoms with Crippen molar-refractivity contribution in [1.29, 1.82) is 5.26 Å². The maximum absolute atomic E-state index is 10.5. The number of aromatic nitrogens is 1. The van der Waals surface area contributed by atoms with Gasteiger partial charge in [0, 0.05) is 6.07 Å². The topological polar surface area (TPSA) is 79.8 Å². The third kappa shape index (κ3) is 3.23. The van der Waals surface area contributed by atoms with E-state index in [0.717, 1.165) is 5.56 Å². The zero-order valence-electron chi connectivity index (χ0n) is 9.85. The first-order chi connectivity index (χ1) is 9.19. The van der Waals surface area contributed by atoms with Crippen LogP contribution in [0.5, 0.6) is 0 Å². The van der Waals surface area contributed by atoms with E-state index in [0.29, 0.717) is 11.3 Å². The molecule has 0 aliphatic carbocycles. The molecule has 0 saturated carbocycles. The Morgan fingerprint density at radius 2 is 2.11 bits per heavy atom. The fourth-order valence-corrected chi connectivity index (χ4v) is 1.50. The summed E-state index contributed by atoms with van der Waals surface area (Å²) in [6.07, 6.45) is 4.75. The second-order valence-electron chi connectivity index (χ2n) is 3.77. The first-order valence-electron chi connectivity index (χ1n) is 5.48. The summed E-state index contributed by atoms with van der Waals surface area (Å²) in [5.74, 6) is 0. The van der Waals surface area contributed by atoms with Gasteiger partial charge in [-0.2, -0.15) is 5.26 Å². The number of nitro groups is 1. The zero-order chi connectivity index (χ0) is 13.7. The van der Waals surface area contributed by atoms with Gasteiger partial charge < -0.3 is 0 Å². The molecular formula is C14H9N3O2. The summed E-state index contributed by atoms with van der Waals surface area (Å²) in [5, 5.41) is 19.3. The number of hydrogen-bond donors (Lipinski definition) is 0. The molecule has 0 bridgehead atoms. The summed E-state index contributed by atoms with van der Waals surface area (Å²) in [6.45, 7) is 0. The summed E-state index contributed by atoms with van der Waals surface area (Å²) in [7, 11) is 0. The lowest BCUT2D eigenvalue weighted by Gasteiger charge is -1.95. The molecular weight excluding hydrogens is 242 g/mol. The normalized spacial score (nSPS) is 10.3. The van der Waals surface area contributed by atoms with Gasteiger partial charge in [0.25, 0.3) is 5.69 Å². The Morgan fingerprint density at radius 3 is 2.74 bits per heavy atom. The van der Waals surface area contributed by atoms with Gasteiger partial charge in [0.05, 0.1) is 22.2 Å². The Morgan fingerprint density at radius 1 is 1.26 bits per heavy atom. The van der Waals surface area contributed by atoms with E-state index in [-0.39, 0.29) is 5.69 Å². The van der Waals surface area contributed by atoms with Gasteiger partial charge >= 0.3 is 0 Å². The molecule has 0 amide bonds. The summed E-state index contributed by atoms with van der Waals surface area (Å²) >= 11 is 0. The van der Waals surface area contributed by atoms with Crippen LogP contribution in [0.25, 0.3) is 12.2 Å². The van der Waals surface area contributed by atoms with Crippen LogP contribution in [-0.4, -0.2) is 9.91 Å². The Hall–Kier alpha value is -3.00. The van der Waals surface area contributed by atoms with Crippen molar-refractivity contribution < 1.29 is 4.92 Å². The maximum Gasteiger partial charge on any atom is 0.287 e. The SMILES string of the molecule is N#Cc1cccc(C=Cc2ccc([N+](=O)[O-])cn2)c1. The summed E-state index contributed by atoms with van der Waals surface area (Å²) < 4.78 is 0. The fraction of sp³-hybridized carbons (Fsp3) is 0. The van der Waals surface area contributed by atoms with Crippen LogP contribution >= 0.6 is 0 Å². The molecule has 0 aliphatic rings. The van der Waals surface area contributed by atoms with Gasteiger partial charge in [-0.15, -0.1) is 0 Å². The smallest absolute Gasteiger partial charge is 0.258 e. The number of rotatable bonds is 3. The Kier molecular flexibility index (Phi) is 3.64. The van der Waals surface area contributed by atoms with Crippen LogP contribution in [0.15, 0.2) is 42.6 Å². The van der Waals surface area contributed by atoms with Gasteiger partial charge in [-0.25, -0.2) is 4.98 Å². The highest BCUT2D eigenvalue weighted by Crippen LogP contribution is 2.12. The van der Waals surface area contributed by atoms with Crippen LogP contribution in [0.1, 0.15) is 16.8 Å². The first-order valence-corrected chi connectivity index (χ1v) is 5.48. The van der Waals surface area contributed by atoms with Crippen molar-refractivity contribution >= 4 is 17.8 Å². The van der Waals surface area contributed by atoms with E-state index in [1.807, 2.05) is 6.07 Å². The molecule has 2 aromatic rings. The Labute approximate surface area is 109 Å². The van der Waals surface area contributed by atoms with Crippen LogP contribution < -0.4 is 0 Å². The zero-order valence-corrected chi connectivity index (χ0v) is 9.85. The number of benzene rings is 1. The van der Waals surface area contributed by atoms with E-state index in [4.69, 9.17) is 5.26 Å². The lowest BCUT2D eigenvalue weighted by atomic mass is 10.1. The maximum atomic E-state index is 10.5. The molecule has 0 saturated heterocycles. The minimum Gasteiger partial charge on any atom is -0.258 e. The van der Waals surface area contributed by atoms with Gasteiger partial charge in [-0.05, 0) is 29.8 Å². The standard InChI is InChI=1S/C14H9N3O2/c15-9-12-3-1-2-11(8-12)4-5-13-6-7-14(10-16-13)17(18)19/h1-8,10H. The molecule has 0 spiro atoms. The third-order valence-corrected chi connectivity index (χ3v) is 2.44. The van der Waals surface area contributed by atoms with Crippen molar-refractivity contribution in [3.05, 3.63) is 69.5 Å². The van der Waals surface area contributed by atoms with E-state index in [1.165, 1.54) is 12.3 Å². The molecule has 19 heavy (non-hydrogen) atoms. The summed E-state index contributed by atoms with van der Waals surface area (Å²) in [4.78, 5) is 14.0. The number of hydrogen-bond acceptors (Lipinski definition) is 4. The minimum atomic E-state index is -0.489. The van der Waals surface area contributed by atoms with Gasteiger partial charge in [-0.1, -0.05) is 18.2 Å². The Balaban J connectivity index is 2.18. The predicted octanol–water partition coefficient (Wildman–Crippen LogP) is 3.03. The van der Waals surface area contributed by atoms with Crippen LogP contribution in [0.2, 0.25) is 0 Å². The van der Waals surface area contributed by atoms with E-state index in [9.17, 15) is 10.1 Å². The largest absolute Gasteiger partial charge is 0.287 e. The molecule has 1 aromatic heterocycles. The van der Waals surface area contributed by atoms with Gasteiger partial charge in [0.2, 0.25) is 0 Å². The lowest BCUT2D eigenvalue weighted by molar-refractivity contribution is -0.385. The number of nitriles is 1. The second kappa shape index (κ2) is 5.56. The van der Waals surface area contributed by atoms with Crippen LogP contribution in [0.3, 0.4) is 0 Å². The molecule has 92 valence electrons. The highest BCUT2D eigenvalue weighted by Gasteiger charge is 2.03. The average Bonchev–Trinajstić information content (AvgIpc) is 2.46. The highest BCUT2D eigenvalue weighted by molar-refractivity contribution is 5.68. The predicted molar refractivity (Wildman–Crippen MR) is 71.0 cm³/mol. The highest BCUT2D eigenvalue weighted by atomic mass is 16.6. The van der Waals surface area contributed by atoms with Gasteiger partial charge in [-0.3, -0.25) is 10.1 Å². The molecule has 0 fully saturated rings. The average molecular weight is 251 g/mol. The lowest BCUT2D eigenvalue weighted by Crippen LogP contribution is -1.89. The number of pyridine rings is 1. The molecule has 0 atom stereocenters. The van der Waals surface area contributed by atoms with Gasteiger partial charge in [0.15, 0.2) is 0 Å². The van der Waals surface area contributed by atoms with Crippen LogP contribution in [-0.2, 0) is 0 Å². The third-order valence-electron chi connectivity index (χ3n) is 2.44. The fourth-order valence-electron chi connectivity index (χ4n) is 1.50. The quantitative estimate of drug-likeness (QED) is 0.620. The van der Waals surface area contributed by atoms with E-state index >= 15 is 0 Å². The van der Waals surface area contributed by atoms with Crippen LogP contribution in [0, 0.1) is 21.4 Å². The van der Waals surface area contributed by atoms with E-state index in [2.05, 4.69) is 11.1 Å². The minimum absolute atomic E-state index is 0.0383. The molecule has 1 heterocycles. The molecule has 2 rings (SSSR count). The van der Waals surface area contributed by atoms with Crippen molar-refractivity contribution in [3.8, 4) is 6.07 Å². The van der Waals surface area contributed by atoms with Crippen molar-refractivity contribution in [2.45, 2.75) is 0 Å². The van der Waals surface area contributed by atoms with Crippen molar-refractivity contribution in [3.63, 3.8) is 0 Å². The monoisotopic (exact) mass is 251 g/mol. The molecule has 0 unspecified atom stereocenters. The van der Waals surface area contributed by atoms with Crippen molar-refractivity contribution in [2.24, 2.45) is 0 Å². The summed E-state index contributed by atoms with van der Waals surface area (Å²) in [6, 6.07) is 12.2. The molecule has 5 heteroatoms. The van der Waals surface area contributed by atoms with Crippen LogP contribution in [0.4, 0.5) is 5.69 Å². The van der Waals surface area contributed by atoms with Crippen molar-refractivity contribution in [1.82, 2.24) is 4.98 Å². The molecule has 0 N–H and O–H groups in total. The number of nitrogens with zero attached hydrogens (tertiary/aromatic N) is 3. The van der Waals surface area contributed by atoms with E-state index in [1.54, 1.807) is 36.4 Å². The Bertz CT molecular complexity index is 670.